The molecule has 33 heavy (non-hydrogen) atoms. The number of rotatable bonds is 7. The van der Waals surface area contributed by atoms with Crippen molar-refractivity contribution >= 4 is 28.4 Å². The lowest BCUT2D eigenvalue weighted by Crippen LogP contribution is -2.44. The summed E-state index contributed by atoms with van der Waals surface area (Å²) >= 11 is 1.40. The van der Waals surface area contributed by atoms with Crippen LogP contribution in [0.4, 0.5) is 15.9 Å². The number of anilines is 2. The number of carbonyl (C=O) groups is 1. The van der Waals surface area contributed by atoms with E-state index in [1.165, 1.54) is 11.3 Å². The molecule has 0 bridgehead atoms. The van der Waals surface area contributed by atoms with Gasteiger partial charge >= 0.3 is 6.03 Å². The molecule has 0 unspecified atom stereocenters. The van der Waals surface area contributed by atoms with Gasteiger partial charge in [0.25, 0.3) is 0 Å². The molecule has 3 heterocycles. The van der Waals surface area contributed by atoms with Crippen molar-refractivity contribution in [1.29, 1.82) is 0 Å². The van der Waals surface area contributed by atoms with Gasteiger partial charge in [-0.05, 0) is 17.7 Å². The van der Waals surface area contributed by atoms with E-state index in [0.717, 1.165) is 54.7 Å². The summed E-state index contributed by atoms with van der Waals surface area (Å²) in [7, 11) is 1.65. The third-order valence-corrected chi connectivity index (χ3v) is 6.48. The van der Waals surface area contributed by atoms with Crippen LogP contribution in [0.1, 0.15) is 30.7 Å². The van der Waals surface area contributed by atoms with Gasteiger partial charge in [0, 0.05) is 61.5 Å². The molecule has 10 heteroatoms. The van der Waals surface area contributed by atoms with E-state index in [4.69, 9.17) is 4.74 Å². The van der Waals surface area contributed by atoms with Crippen LogP contribution in [-0.2, 0) is 12.0 Å². The maximum absolute atomic E-state index is 12.4. The highest BCUT2D eigenvalue weighted by molar-refractivity contribution is 7.13. The molecule has 2 amide bonds. The average molecular weight is 468 g/mol. The van der Waals surface area contributed by atoms with Crippen molar-refractivity contribution in [2.75, 3.05) is 43.5 Å². The Hall–Kier alpha value is -3.24. The van der Waals surface area contributed by atoms with E-state index in [2.05, 4.69) is 49.6 Å². The Balaban J connectivity index is 1.31. The molecule has 9 nitrogen and oxygen atoms in total. The van der Waals surface area contributed by atoms with Crippen molar-refractivity contribution in [1.82, 2.24) is 25.6 Å². The lowest BCUT2D eigenvalue weighted by molar-refractivity contribution is 0.251. The maximum Gasteiger partial charge on any atom is 0.321 e. The number of piperazine rings is 1. The number of ether oxygens (including phenoxy) is 1. The number of urea groups is 1. The Labute approximate surface area is 197 Å². The van der Waals surface area contributed by atoms with Gasteiger partial charge in [-0.1, -0.05) is 26.0 Å². The molecule has 1 aliphatic heterocycles. The van der Waals surface area contributed by atoms with Crippen LogP contribution in [0.2, 0.25) is 0 Å². The number of methoxy groups -OCH3 is 1. The van der Waals surface area contributed by atoms with Crippen LogP contribution in [0, 0.1) is 0 Å². The van der Waals surface area contributed by atoms with Crippen molar-refractivity contribution < 1.29 is 9.53 Å². The largest absolute Gasteiger partial charge is 0.497 e. The fourth-order valence-electron chi connectivity index (χ4n) is 3.56. The molecule has 2 aromatic heterocycles. The number of hydrogen-bond donors (Lipinski definition) is 3. The van der Waals surface area contributed by atoms with Crippen LogP contribution in [0.25, 0.3) is 0 Å². The first-order chi connectivity index (χ1) is 16.0. The van der Waals surface area contributed by atoms with Crippen LogP contribution in [0.3, 0.4) is 0 Å². The molecule has 0 saturated carbocycles. The topological polar surface area (TPSA) is 104 Å². The molecular formula is C23H29N7O2S. The minimum Gasteiger partial charge on any atom is -0.497 e. The van der Waals surface area contributed by atoms with E-state index < -0.39 is 0 Å². The molecule has 0 radical (unpaired) electrons. The zero-order valence-corrected chi connectivity index (χ0v) is 19.9. The quantitative estimate of drug-likeness (QED) is 0.491. The zero-order chi connectivity index (χ0) is 23.3. The highest BCUT2D eigenvalue weighted by Gasteiger charge is 2.26. The SMILES string of the molecule is COc1ccc(C(C)(C)c2csc(NC(=O)NCc3cnc(N4CCNCC4)nc3)n2)cc1. The van der Waals surface area contributed by atoms with E-state index in [0.29, 0.717) is 11.7 Å². The van der Waals surface area contributed by atoms with Crippen molar-refractivity contribution in [2.24, 2.45) is 0 Å². The molecule has 1 aromatic carbocycles. The zero-order valence-electron chi connectivity index (χ0n) is 19.1. The predicted molar refractivity (Wildman–Crippen MR) is 130 cm³/mol. The van der Waals surface area contributed by atoms with Crippen LogP contribution in [0.5, 0.6) is 5.75 Å². The standard InChI is InChI=1S/C23H29N7O2S/c1-23(2,17-4-6-18(32-3)7-5-17)19-15-33-22(28-19)29-21(31)27-14-16-12-25-20(26-13-16)30-10-8-24-9-11-30/h4-7,12-13,15,24H,8-11,14H2,1-3H3,(H2,27,28,29,31). The van der Waals surface area contributed by atoms with E-state index in [9.17, 15) is 4.79 Å². The first-order valence-corrected chi connectivity index (χ1v) is 11.8. The van der Waals surface area contributed by atoms with E-state index in [-0.39, 0.29) is 11.4 Å². The molecule has 1 fully saturated rings. The number of benzene rings is 1. The summed E-state index contributed by atoms with van der Waals surface area (Å²) in [4.78, 5) is 28.0. The van der Waals surface area contributed by atoms with Crippen LogP contribution < -0.4 is 25.6 Å². The third kappa shape index (κ3) is 5.58. The predicted octanol–water partition coefficient (Wildman–Crippen LogP) is 3.00. The fourth-order valence-corrected chi connectivity index (χ4v) is 4.44. The number of carbonyl (C=O) groups excluding carboxylic acids is 1. The lowest BCUT2D eigenvalue weighted by Gasteiger charge is -2.27. The number of aromatic nitrogens is 3. The minimum absolute atomic E-state index is 0.303. The molecule has 0 aliphatic carbocycles. The van der Waals surface area contributed by atoms with Crippen LogP contribution in [0.15, 0.2) is 42.0 Å². The summed E-state index contributed by atoms with van der Waals surface area (Å²) in [5, 5.41) is 11.5. The number of amides is 2. The molecule has 4 rings (SSSR count). The van der Waals surface area contributed by atoms with Crippen molar-refractivity contribution in [3.63, 3.8) is 0 Å². The van der Waals surface area contributed by atoms with Crippen molar-refractivity contribution in [3.8, 4) is 5.75 Å². The smallest absolute Gasteiger partial charge is 0.321 e. The number of nitrogens with one attached hydrogen (secondary N) is 3. The van der Waals surface area contributed by atoms with Gasteiger partial charge in [-0.3, -0.25) is 5.32 Å². The first-order valence-electron chi connectivity index (χ1n) is 10.9. The highest BCUT2D eigenvalue weighted by atomic mass is 32.1. The summed E-state index contributed by atoms with van der Waals surface area (Å²) in [6.45, 7) is 8.21. The third-order valence-electron chi connectivity index (χ3n) is 5.72. The van der Waals surface area contributed by atoms with Gasteiger partial charge in [-0.25, -0.2) is 19.7 Å². The van der Waals surface area contributed by atoms with Gasteiger partial charge in [0.15, 0.2) is 5.13 Å². The molecule has 1 saturated heterocycles. The van der Waals surface area contributed by atoms with Gasteiger partial charge in [-0.15, -0.1) is 11.3 Å². The summed E-state index contributed by atoms with van der Waals surface area (Å²) in [5.74, 6) is 1.54. The van der Waals surface area contributed by atoms with Crippen molar-refractivity contribution in [2.45, 2.75) is 25.8 Å². The number of thiazole rings is 1. The average Bonchev–Trinajstić information content (AvgIpc) is 3.33. The molecular weight excluding hydrogens is 438 g/mol. The monoisotopic (exact) mass is 467 g/mol. The number of nitrogens with zero attached hydrogens (tertiary/aromatic N) is 4. The summed E-state index contributed by atoms with van der Waals surface area (Å²) < 4.78 is 5.24. The Kier molecular flexibility index (Phi) is 7.05. The second-order valence-electron chi connectivity index (χ2n) is 8.33. The molecule has 174 valence electrons. The van der Waals surface area contributed by atoms with E-state index in [1.54, 1.807) is 19.5 Å². The highest BCUT2D eigenvalue weighted by Crippen LogP contribution is 2.34. The van der Waals surface area contributed by atoms with Gasteiger partial charge in [-0.2, -0.15) is 0 Å². The minimum atomic E-state index is -0.315. The maximum atomic E-state index is 12.4. The summed E-state index contributed by atoms with van der Waals surface area (Å²) in [6, 6.07) is 7.64. The second kappa shape index (κ2) is 10.1. The van der Waals surface area contributed by atoms with Gasteiger partial charge in [0.2, 0.25) is 5.95 Å². The molecule has 1 aliphatic rings. The van der Waals surface area contributed by atoms with Gasteiger partial charge in [0.05, 0.1) is 12.8 Å². The number of hydrogen-bond acceptors (Lipinski definition) is 8. The summed E-state index contributed by atoms with van der Waals surface area (Å²) in [6.07, 6.45) is 3.51. The molecule has 0 spiro atoms. The molecule has 0 atom stereocenters. The Bertz CT molecular complexity index is 1060. The van der Waals surface area contributed by atoms with Gasteiger partial charge < -0.3 is 20.3 Å². The summed E-state index contributed by atoms with van der Waals surface area (Å²) in [5.41, 5.74) is 2.55. The first kappa shape index (κ1) is 22.9. The van der Waals surface area contributed by atoms with E-state index in [1.807, 2.05) is 29.6 Å². The Morgan fingerprint density at radius 3 is 2.55 bits per heavy atom. The van der Waals surface area contributed by atoms with E-state index >= 15 is 0 Å². The van der Waals surface area contributed by atoms with Crippen LogP contribution in [-0.4, -0.2) is 54.3 Å². The normalized spacial score (nSPS) is 14.1. The van der Waals surface area contributed by atoms with Crippen LogP contribution >= 0.6 is 11.3 Å². The Morgan fingerprint density at radius 1 is 1.18 bits per heavy atom. The molecule has 3 N–H and O–H groups in total. The molecule has 3 aromatic rings. The lowest BCUT2D eigenvalue weighted by atomic mass is 9.82. The second-order valence-corrected chi connectivity index (χ2v) is 9.19. The fraction of sp³-hybridized carbons (Fsp3) is 0.391. The van der Waals surface area contributed by atoms with Gasteiger partial charge in [0.1, 0.15) is 5.75 Å². The Morgan fingerprint density at radius 2 is 1.88 bits per heavy atom. The van der Waals surface area contributed by atoms with Crippen molar-refractivity contribution in [3.05, 3.63) is 58.9 Å².